The van der Waals surface area contributed by atoms with E-state index in [1.165, 1.54) is 10.6 Å². The predicted molar refractivity (Wildman–Crippen MR) is 84.7 cm³/mol. The van der Waals surface area contributed by atoms with E-state index in [1.807, 2.05) is 0 Å². The molecule has 122 valence electrons. The number of rotatable bonds is 4. The molecule has 6 nitrogen and oxygen atoms in total. The number of benzene rings is 1. The van der Waals surface area contributed by atoms with Crippen LogP contribution < -0.4 is 4.74 Å². The Morgan fingerprint density at radius 1 is 1.27 bits per heavy atom. The second-order valence-electron chi connectivity index (χ2n) is 5.18. The van der Waals surface area contributed by atoms with E-state index in [-0.39, 0.29) is 12.3 Å². The summed E-state index contributed by atoms with van der Waals surface area (Å²) in [6.45, 7) is 1.47. The minimum absolute atomic E-state index is 0.0554. The van der Waals surface area contributed by atoms with Gasteiger partial charge in [-0.1, -0.05) is 17.7 Å². The zero-order valence-corrected chi connectivity index (χ0v) is 14.2. The fourth-order valence-electron chi connectivity index (χ4n) is 2.34. The van der Waals surface area contributed by atoms with Crippen LogP contribution in [0.25, 0.3) is 0 Å². The summed E-state index contributed by atoms with van der Waals surface area (Å²) >= 11 is 6.14. The topological polar surface area (TPSA) is 66.9 Å². The fourth-order valence-corrected chi connectivity index (χ4v) is 3.41. The first kappa shape index (κ1) is 17.1. The van der Waals surface area contributed by atoms with Gasteiger partial charge < -0.3 is 9.64 Å². The van der Waals surface area contributed by atoms with Crippen molar-refractivity contribution >= 4 is 27.5 Å². The van der Waals surface area contributed by atoms with Gasteiger partial charge in [0, 0.05) is 31.2 Å². The quantitative estimate of drug-likeness (QED) is 0.815. The van der Waals surface area contributed by atoms with Crippen LogP contribution >= 0.6 is 11.6 Å². The molecule has 0 saturated carbocycles. The number of sulfonamides is 1. The molecule has 0 aliphatic carbocycles. The minimum atomic E-state index is -3.19. The molecule has 0 spiro atoms. The maximum Gasteiger partial charge on any atom is 0.227 e. The van der Waals surface area contributed by atoms with E-state index in [9.17, 15) is 13.2 Å². The Hall–Kier alpha value is -1.31. The van der Waals surface area contributed by atoms with Crippen LogP contribution in [0, 0.1) is 0 Å². The molecule has 1 heterocycles. The molecule has 22 heavy (non-hydrogen) atoms. The van der Waals surface area contributed by atoms with Crippen molar-refractivity contribution in [1.29, 1.82) is 0 Å². The lowest BCUT2D eigenvalue weighted by atomic mass is 10.1. The molecular weight excluding hydrogens is 328 g/mol. The van der Waals surface area contributed by atoms with Crippen molar-refractivity contribution in [2.75, 3.05) is 39.5 Å². The summed E-state index contributed by atoms with van der Waals surface area (Å²) < 4.78 is 29.4. The largest absolute Gasteiger partial charge is 0.497 e. The molecule has 8 heteroatoms. The Balaban J connectivity index is 1.96. The molecular formula is C14H19ClN2O4S. The maximum atomic E-state index is 12.3. The number of hydrogen-bond acceptors (Lipinski definition) is 4. The average Bonchev–Trinajstić information content (AvgIpc) is 2.48. The lowest BCUT2D eigenvalue weighted by Gasteiger charge is -2.33. The minimum Gasteiger partial charge on any atom is -0.497 e. The number of amides is 1. The summed E-state index contributed by atoms with van der Waals surface area (Å²) in [6, 6.07) is 5.20. The zero-order chi connectivity index (χ0) is 16.3. The van der Waals surface area contributed by atoms with E-state index in [2.05, 4.69) is 0 Å². The van der Waals surface area contributed by atoms with Crippen molar-refractivity contribution < 1.29 is 17.9 Å². The third-order valence-corrected chi connectivity index (χ3v) is 5.32. The number of methoxy groups -OCH3 is 1. The molecule has 1 amide bonds. The van der Waals surface area contributed by atoms with Crippen LogP contribution in [-0.4, -0.2) is 63.1 Å². The molecule has 0 radical (unpaired) electrons. The summed E-state index contributed by atoms with van der Waals surface area (Å²) in [6.07, 6.45) is 1.38. The highest BCUT2D eigenvalue weighted by molar-refractivity contribution is 7.88. The molecule has 0 bridgehead atoms. The highest BCUT2D eigenvalue weighted by Crippen LogP contribution is 2.23. The molecule has 0 unspecified atom stereocenters. The van der Waals surface area contributed by atoms with Gasteiger partial charge in [0.1, 0.15) is 5.75 Å². The highest BCUT2D eigenvalue weighted by atomic mass is 35.5. The Morgan fingerprint density at radius 3 is 2.41 bits per heavy atom. The van der Waals surface area contributed by atoms with Gasteiger partial charge in [-0.25, -0.2) is 8.42 Å². The smallest absolute Gasteiger partial charge is 0.227 e. The molecule has 1 aliphatic rings. The summed E-state index contributed by atoms with van der Waals surface area (Å²) in [7, 11) is -1.63. The van der Waals surface area contributed by atoms with Crippen LogP contribution in [0.2, 0.25) is 5.02 Å². The van der Waals surface area contributed by atoms with Crippen LogP contribution in [0.4, 0.5) is 0 Å². The van der Waals surface area contributed by atoms with Gasteiger partial charge in [-0.05, 0) is 17.7 Å². The van der Waals surface area contributed by atoms with Gasteiger partial charge in [-0.2, -0.15) is 4.31 Å². The number of nitrogens with zero attached hydrogens (tertiary/aromatic N) is 2. The lowest BCUT2D eigenvalue weighted by Crippen LogP contribution is -2.50. The SMILES string of the molecule is COc1ccc(CC(=O)N2CCN(S(C)(=O)=O)CC2)c(Cl)c1. The van der Waals surface area contributed by atoms with Gasteiger partial charge in [-0.3, -0.25) is 4.79 Å². The van der Waals surface area contributed by atoms with E-state index in [0.29, 0.717) is 37.0 Å². The summed E-state index contributed by atoms with van der Waals surface area (Å²) in [5.74, 6) is 0.586. The third kappa shape index (κ3) is 4.12. The third-order valence-electron chi connectivity index (χ3n) is 3.66. The van der Waals surface area contributed by atoms with Crippen LogP contribution in [0.15, 0.2) is 18.2 Å². The molecule has 1 fully saturated rings. The standard InChI is InChI=1S/C14H19ClN2O4S/c1-21-12-4-3-11(13(15)10-12)9-14(18)16-5-7-17(8-6-16)22(2,19)20/h3-4,10H,5-9H2,1-2H3. The van der Waals surface area contributed by atoms with Crippen molar-refractivity contribution in [3.63, 3.8) is 0 Å². The first-order valence-electron chi connectivity index (χ1n) is 6.86. The summed E-state index contributed by atoms with van der Waals surface area (Å²) in [5, 5.41) is 0.488. The van der Waals surface area contributed by atoms with E-state index in [0.717, 1.165) is 5.56 Å². The zero-order valence-electron chi connectivity index (χ0n) is 12.6. The number of carbonyl (C=O) groups excluding carboxylic acids is 1. The van der Waals surface area contributed by atoms with E-state index in [1.54, 1.807) is 30.2 Å². The summed E-state index contributed by atoms with van der Waals surface area (Å²) in [5.41, 5.74) is 0.734. The Kier molecular flexibility index (Phi) is 5.31. The van der Waals surface area contributed by atoms with Gasteiger partial charge in [0.25, 0.3) is 0 Å². The van der Waals surface area contributed by atoms with E-state index in [4.69, 9.17) is 16.3 Å². The number of carbonyl (C=O) groups is 1. The Morgan fingerprint density at radius 2 is 1.91 bits per heavy atom. The van der Waals surface area contributed by atoms with Crippen LogP contribution in [-0.2, 0) is 21.2 Å². The van der Waals surface area contributed by atoms with E-state index < -0.39 is 10.0 Å². The van der Waals surface area contributed by atoms with Crippen molar-refractivity contribution in [3.05, 3.63) is 28.8 Å². The molecule has 2 rings (SSSR count). The average molecular weight is 347 g/mol. The second kappa shape index (κ2) is 6.85. The van der Waals surface area contributed by atoms with Crippen LogP contribution in [0.1, 0.15) is 5.56 Å². The number of hydrogen-bond donors (Lipinski definition) is 0. The number of ether oxygens (including phenoxy) is 1. The van der Waals surface area contributed by atoms with Crippen LogP contribution in [0.5, 0.6) is 5.75 Å². The molecule has 0 aromatic heterocycles. The van der Waals surface area contributed by atoms with Gasteiger partial charge in [0.15, 0.2) is 0 Å². The first-order chi connectivity index (χ1) is 10.3. The van der Waals surface area contributed by atoms with Gasteiger partial charge in [0.2, 0.25) is 15.9 Å². The van der Waals surface area contributed by atoms with Gasteiger partial charge >= 0.3 is 0 Å². The van der Waals surface area contributed by atoms with E-state index >= 15 is 0 Å². The summed E-state index contributed by atoms with van der Waals surface area (Å²) in [4.78, 5) is 14.0. The van der Waals surface area contributed by atoms with Crippen molar-refractivity contribution in [2.45, 2.75) is 6.42 Å². The first-order valence-corrected chi connectivity index (χ1v) is 9.09. The molecule has 1 saturated heterocycles. The molecule has 1 aliphatic heterocycles. The second-order valence-corrected chi connectivity index (χ2v) is 7.57. The van der Waals surface area contributed by atoms with Gasteiger partial charge in [-0.15, -0.1) is 0 Å². The number of piperazine rings is 1. The number of halogens is 1. The normalized spacial score (nSPS) is 16.6. The predicted octanol–water partition coefficient (Wildman–Crippen LogP) is 0.995. The molecule has 0 atom stereocenters. The van der Waals surface area contributed by atoms with Crippen molar-refractivity contribution in [2.24, 2.45) is 0 Å². The molecule has 1 aromatic rings. The monoisotopic (exact) mass is 346 g/mol. The van der Waals surface area contributed by atoms with Crippen LogP contribution in [0.3, 0.4) is 0 Å². The lowest BCUT2D eigenvalue weighted by molar-refractivity contribution is -0.131. The molecule has 1 aromatic carbocycles. The molecule has 0 N–H and O–H groups in total. The highest BCUT2D eigenvalue weighted by Gasteiger charge is 2.26. The maximum absolute atomic E-state index is 12.3. The Bertz CT molecular complexity index is 655. The van der Waals surface area contributed by atoms with Crippen molar-refractivity contribution in [3.8, 4) is 5.75 Å². The van der Waals surface area contributed by atoms with Gasteiger partial charge in [0.05, 0.1) is 19.8 Å². The fraction of sp³-hybridized carbons (Fsp3) is 0.500. The van der Waals surface area contributed by atoms with Crippen molar-refractivity contribution in [1.82, 2.24) is 9.21 Å². The Labute approximate surface area is 135 Å².